The molecule has 1 unspecified atom stereocenters. The number of hydrogen-bond acceptors (Lipinski definition) is 4. The summed E-state index contributed by atoms with van der Waals surface area (Å²) in [6.07, 6.45) is 1.65. The third-order valence-corrected chi connectivity index (χ3v) is 5.58. The Morgan fingerprint density at radius 2 is 1.89 bits per heavy atom. The van der Waals surface area contributed by atoms with Crippen LogP contribution in [-0.2, 0) is 12.8 Å². The Hall–Kier alpha value is -2.05. The van der Waals surface area contributed by atoms with Crippen LogP contribution in [0.4, 0.5) is 4.79 Å². The van der Waals surface area contributed by atoms with Crippen molar-refractivity contribution in [1.82, 2.24) is 15.5 Å². The monoisotopic (exact) mass is 389 g/mol. The van der Waals surface area contributed by atoms with Crippen LogP contribution in [0.25, 0.3) is 0 Å². The SMILES string of the molecule is Cc1cc(O)cc(C)c1C[C@@H](CNC(=O)NC(C)Cc1ccsc1)N(C)C. The first-order valence-corrected chi connectivity index (χ1v) is 10.2. The van der Waals surface area contributed by atoms with E-state index in [9.17, 15) is 9.90 Å². The number of aryl methyl sites for hydroxylation is 2. The first-order chi connectivity index (χ1) is 12.8. The second-order valence-electron chi connectivity index (χ2n) is 7.47. The Labute approximate surface area is 166 Å². The average Bonchev–Trinajstić information content (AvgIpc) is 3.05. The highest BCUT2D eigenvalue weighted by atomic mass is 32.1. The number of likely N-dealkylation sites (N-methyl/N-ethyl adjacent to an activating group) is 1. The highest BCUT2D eigenvalue weighted by Crippen LogP contribution is 2.22. The number of phenolic OH excluding ortho intramolecular Hbond substituents is 1. The molecule has 2 rings (SSSR count). The molecular formula is C21H31N3O2S. The smallest absolute Gasteiger partial charge is 0.315 e. The van der Waals surface area contributed by atoms with Crippen LogP contribution in [0.15, 0.2) is 29.0 Å². The van der Waals surface area contributed by atoms with E-state index in [4.69, 9.17) is 0 Å². The minimum atomic E-state index is -0.135. The molecule has 27 heavy (non-hydrogen) atoms. The van der Waals surface area contributed by atoms with Crippen molar-refractivity contribution >= 4 is 17.4 Å². The predicted molar refractivity (Wildman–Crippen MR) is 113 cm³/mol. The van der Waals surface area contributed by atoms with Gasteiger partial charge in [0, 0.05) is 18.6 Å². The Kier molecular flexibility index (Phi) is 7.68. The summed E-state index contributed by atoms with van der Waals surface area (Å²) in [4.78, 5) is 14.4. The Balaban J connectivity index is 1.89. The van der Waals surface area contributed by atoms with Gasteiger partial charge >= 0.3 is 6.03 Å². The van der Waals surface area contributed by atoms with Gasteiger partial charge in [0.15, 0.2) is 0 Å². The highest BCUT2D eigenvalue weighted by Gasteiger charge is 2.17. The molecular weight excluding hydrogens is 358 g/mol. The lowest BCUT2D eigenvalue weighted by Gasteiger charge is -2.26. The lowest BCUT2D eigenvalue weighted by Crippen LogP contribution is -2.47. The van der Waals surface area contributed by atoms with Gasteiger partial charge in [-0.25, -0.2) is 4.79 Å². The van der Waals surface area contributed by atoms with E-state index in [0.29, 0.717) is 12.3 Å². The van der Waals surface area contributed by atoms with E-state index in [1.165, 1.54) is 11.1 Å². The Morgan fingerprint density at radius 1 is 1.22 bits per heavy atom. The molecule has 2 amide bonds. The normalized spacial score (nSPS) is 13.4. The predicted octanol–water partition coefficient (Wildman–Crippen LogP) is 3.47. The number of amides is 2. The Bertz CT molecular complexity index is 721. The molecule has 2 aromatic rings. The summed E-state index contributed by atoms with van der Waals surface area (Å²) in [5.41, 5.74) is 4.62. The van der Waals surface area contributed by atoms with E-state index >= 15 is 0 Å². The summed E-state index contributed by atoms with van der Waals surface area (Å²) in [7, 11) is 4.04. The van der Waals surface area contributed by atoms with Gasteiger partial charge in [0.25, 0.3) is 0 Å². The van der Waals surface area contributed by atoms with E-state index in [2.05, 4.69) is 32.4 Å². The lowest BCUT2D eigenvalue weighted by atomic mass is 9.95. The molecule has 0 aliphatic rings. The summed E-state index contributed by atoms with van der Waals surface area (Å²) >= 11 is 1.67. The van der Waals surface area contributed by atoms with Gasteiger partial charge in [-0.1, -0.05) is 0 Å². The van der Waals surface area contributed by atoms with Crippen molar-refractivity contribution in [2.75, 3.05) is 20.6 Å². The van der Waals surface area contributed by atoms with Gasteiger partial charge in [-0.15, -0.1) is 0 Å². The van der Waals surface area contributed by atoms with Gasteiger partial charge in [-0.2, -0.15) is 11.3 Å². The quantitative estimate of drug-likeness (QED) is 0.648. The van der Waals surface area contributed by atoms with Gasteiger partial charge in [-0.05, 0) is 98.9 Å². The molecule has 0 aliphatic carbocycles. The van der Waals surface area contributed by atoms with Crippen molar-refractivity contribution < 1.29 is 9.90 Å². The Morgan fingerprint density at radius 3 is 2.44 bits per heavy atom. The molecule has 1 heterocycles. The van der Waals surface area contributed by atoms with Crippen molar-refractivity contribution in [1.29, 1.82) is 0 Å². The molecule has 2 atom stereocenters. The van der Waals surface area contributed by atoms with Crippen LogP contribution in [0.5, 0.6) is 5.75 Å². The van der Waals surface area contributed by atoms with Crippen LogP contribution in [0.2, 0.25) is 0 Å². The zero-order valence-electron chi connectivity index (χ0n) is 16.9. The van der Waals surface area contributed by atoms with Crippen molar-refractivity contribution in [3.05, 3.63) is 51.2 Å². The summed E-state index contributed by atoms with van der Waals surface area (Å²) in [6.45, 7) is 6.61. The largest absolute Gasteiger partial charge is 0.508 e. The molecule has 0 saturated heterocycles. The summed E-state index contributed by atoms with van der Waals surface area (Å²) in [6, 6.07) is 5.79. The number of carbonyl (C=O) groups excluding carboxylic acids is 1. The molecule has 1 aromatic heterocycles. The van der Waals surface area contributed by atoms with E-state index in [1.54, 1.807) is 23.5 Å². The molecule has 0 bridgehead atoms. The van der Waals surface area contributed by atoms with Gasteiger partial charge in [0.1, 0.15) is 5.75 Å². The summed E-state index contributed by atoms with van der Waals surface area (Å²) in [5, 5.41) is 19.9. The molecule has 0 aliphatic heterocycles. The van der Waals surface area contributed by atoms with E-state index in [-0.39, 0.29) is 18.1 Å². The number of nitrogens with zero attached hydrogens (tertiary/aromatic N) is 1. The maximum absolute atomic E-state index is 12.3. The fraction of sp³-hybridized carbons (Fsp3) is 0.476. The second kappa shape index (κ2) is 9.76. The molecule has 6 heteroatoms. The van der Waals surface area contributed by atoms with Gasteiger partial charge in [-0.3, -0.25) is 0 Å². The molecule has 0 saturated carbocycles. The van der Waals surface area contributed by atoms with Crippen LogP contribution in [0.1, 0.15) is 29.2 Å². The highest BCUT2D eigenvalue weighted by molar-refractivity contribution is 7.07. The number of rotatable bonds is 8. The standard InChI is InChI=1S/C21H31N3O2S/c1-14-8-19(25)9-15(2)20(14)11-18(24(4)5)12-22-21(26)23-16(3)10-17-6-7-27-13-17/h6-9,13,16,18,25H,10-12H2,1-5H3,(H2,22,23,26)/t16?,18-/m0/s1. The van der Waals surface area contributed by atoms with Crippen molar-refractivity contribution in [3.8, 4) is 5.75 Å². The van der Waals surface area contributed by atoms with E-state index in [1.807, 2.05) is 34.9 Å². The van der Waals surface area contributed by atoms with Crippen molar-refractivity contribution in [2.24, 2.45) is 0 Å². The molecule has 1 aromatic carbocycles. The van der Waals surface area contributed by atoms with Crippen LogP contribution in [0.3, 0.4) is 0 Å². The minimum Gasteiger partial charge on any atom is -0.508 e. The van der Waals surface area contributed by atoms with Crippen LogP contribution < -0.4 is 10.6 Å². The second-order valence-corrected chi connectivity index (χ2v) is 8.25. The molecule has 0 spiro atoms. The fourth-order valence-electron chi connectivity index (χ4n) is 3.26. The lowest BCUT2D eigenvalue weighted by molar-refractivity contribution is 0.229. The molecule has 3 N–H and O–H groups in total. The summed E-state index contributed by atoms with van der Waals surface area (Å²) in [5.74, 6) is 0.298. The molecule has 148 valence electrons. The van der Waals surface area contributed by atoms with Crippen molar-refractivity contribution in [2.45, 2.75) is 45.7 Å². The van der Waals surface area contributed by atoms with Gasteiger partial charge in [0.05, 0.1) is 0 Å². The maximum atomic E-state index is 12.3. The van der Waals surface area contributed by atoms with Crippen LogP contribution >= 0.6 is 11.3 Å². The number of urea groups is 1. The fourth-order valence-corrected chi connectivity index (χ4v) is 3.95. The molecule has 0 radical (unpaired) electrons. The number of hydrogen-bond donors (Lipinski definition) is 3. The zero-order chi connectivity index (χ0) is 20.0. The number of phenols is 1. The van der Waals surface area contributed by atoms with Gasteiger partial charge < -0.3 is 20.6 Å². The van der Waals surface area contributed by atoms with Crippen LogP contribution in [0, 0.1) is 13.8 Å². The number of nitrogens with one attached hydrogen (secondary N) is 2. The first-order valence-electron chi connectivity index (χ1n) is 9.27. The van der Waals surface area contributed by atoms with Gasteiger partial charge in [0.2, 0.25) is 0 Å². The topological polar surface area (TPSA) is 64.6 Å². The maximum Gasteiger partial charge on any atom is 0.315 e. The number of aromatic hydroxyl groups is 1. The van der Waals surface area contributed by atoms with E-state index < -0.39 is 0 Å². The van der Waals surface area contributed by atoms with Crippen molar-refractivity contribution in [3.63, 3.8) is 0 Å². The van der Waals surface area contributed by atoms with E-state index in [0.717, 1.165) is 24.0 Å². The third-order valence-electron chi connectivity index (χ3n) is 4.85. The molecule has 5 nitrogen and oxygen atoms in total. The average molecular weight is 390 g/mol. The first kappa shape index (κ1) is 21.3. The summed E-state index contributed by atoms with van der Waals surface area (Å²) < 4.78 is 0. The van der Waals surface area contributed by atoms with Crippen LogP contribution in [-0.4, -0.2) is 48.8 Å². The zero-order valence-corrected chi connectivity index (χ0v) is 17.7. The molecule has 0 fully saturated rings. The number of benzene rings is 1. The number of carbonyl (C=O) groups is 1. The minimum absolute atomic E-state index is 0.0824. The third kappa shape index (κ3) is 6.56. The number of thiophene rings is 1.